The SMILES string of the molecule is N[C@@H](c1cccs1)c1cc(C(=O)O)cc(F)c1O. The highest BCUT2D eigenvalue weighted by molar-refractivity contribution is 7.10. The Morgan fingerprint density at radius 2 is 2.17 bits per heavy atom. The second-order valence-electron chi connectivity index (χ2n) is 3.69. The van der Waals surface area contributed by atoms with Crippen molar-refractivity contribution in [3.05, 3.63) is 51.5 Å². The Bertz CT molecular complexity index is 583. The van der Waals surface area contributed by atoms with Crippen LogP contribution in [0.3, 0.4) is 0 Å². The normalized spacial score (nSPS) is 12.3. The summed E-state index contributed by atoms with van der Waals surface area (Å²) in [6.07, 6.45) is 0. The van der Waals surface area contributed by atoms with Crippen LogP contribution in [0.15, 0.2) is 29.6 Å². The number of carboxylic acid groups (broad SMARTS) is 1. The zero-order valence-corrected chi connectivity index (χ0v) is 9.95. The number of carboxylic acids is 1. The highest BCUT2D eigenvalue weighted by atomic mass is 32.1. The number of aromatic hydroxyl groups is 1. The molecule has 4 N–H and O–H groups in total. The van der Waals surface area contributed by atoms with Crippen LogP contribution in [-0.4, -0.2) is 16.2 Å². The van der Waals surface area contributed by atoms with E-state index in [1.807, 2.05) is 0 Å². The Hall–Kier alpha value is -1.92. The molecule has 2 rings (SSSR count). The molecule has 6 heteroatoms. The van der Waals surface area contributed by atoms with Crippen LogP contribution in [0.2, 0.25) is 0 Å². The van der Waals surface area contributed by atoms with Crippen molar-refractivity contribution in [1.29, 1.82) is 0 Å². The molecule has 0 bridgehead atoms. The van der Waals surface area contributed by atoms with Crippen LogP contribution in [-0.2, 0) is 0 Å². The van der Waals surface area contributed by atoms with Gasteiger partial charge in [-0.15, -0.1) is 11.3 Å². The fourth-order valence-electron chi connectivity index (χ4n) is 1.60. The first-order chi connectivity index (χ1) is 8.50. The summed E-state index contributed by atoms with van der Waals surface area (Å²) in [5.41, 5.74) is 5.71. The number of phenolic OH excluding ortho intramolecular Hbond substituents is 1. The Kier molecular flexibility index (Phi) is 3.31. The van der Waals surface area contributed by atoms with Gasteiger partial charge in [-0.2, -0.15) is 0 Å². The van der Waals surface area contributed by atoms with E-state index in [4.69, 9.17) is 10.8 Å². The first-order valence-electron chi connectivity index (χ1n) is 5.05. The lowest BCUT2D eigenvalue weighted by molar-refractivity contribution is 0.0696. The molecule has 0 amide bonds. The van der Waals surface area contributed by atoms with E-state index in [2.05, 4.69) is 0 Å². The molecule has 18 heavy (non-hydrogen) atoms. The molecule has 1 aromatic heterocycles. The standard InChI is InChI=1S/C12H10FNO3S/c13-8-5-6(12(16)17)4-7(11(8)15)10(14)9-2-1-3-18-9/h1-5,10,15H,14H2,(H,16,17)/t10-/m1/s1. The number of carbonyl (C=O) groups is 1. The van der Waals surface area contributed by atoms with Crippen LogP contribution in [0.1, 0.15) is 26.8 Å². The summed E-state index contributed by atoms with van der Waals surface area (Å²) in [7, 11) is 0. The lowest BCUT2D eigenvalue weighted by Crippen LogP contribution is -2.12. The molecule has 0 aliphatic carbocycles. The van der Waals surface area contributed by atoms with Gasteiger partial charge in [0, 0.05) is 10.4 Å². The minimum Gasteiger partial charge on any atom is -0.505 e. The van der Waals surface area contributed by atoms with Gasteiger partial charge in [-0.05, 0) is 23.6 Å². The first-order valence-corrected chi connectivity index (χ1v) is 5.93. The van der Waals surface area contributed by atoms with E-state index in [1.165, 1.54) is 17.4 Å². The van der Waals surface area contributed by atoms with Gasteiger partial charge in [0.25, 0.3) is 0 Å². The van der Waals surface area contributed by atoms with E-state index < -0.39 is 23.6 Å². The molecule has 0 radical (unpaired) electrons. The van der Waals surface area contributed by atoms with Crippen LogP contribution in [0, 0.1) is 5.82 Å². The van der Waals surface area contributed by atoms with Crippen LogP contribution in [0.5, 0.6) is 5.75 Å². The van der Waals surface area contributed by atoms with Gasteiger partial charge in [-0.1, -0.05) is 6.07 Å². The fraction of sp³-hybridized carbons (Fsp3) is 0.0833. The molecule has 1 aromatic carbocycles. The zero-order chi connectivity index (χ0) is 13.3. The van der Waals surface area contributed by atoms with E-state index in [9.17, 15) is 14.3 Å². The van der Waals surface area contributed by atoms with Gasteiger partial charge in [-0.3, -0.25) is 0 Å². The maximum absolute atomic E-state index is 13.4. The lowest BCUT2D eigenvalue weighted by atomic mass is 10.0. The summed E-state index contributed by atoms with van der Waals surface area (Å²) in [5, 5.41) is 20.3. The van der Waals surface area contributed by atoms with Crippen LogP contribution < -0.4 is 5.73 Å². The highest BCUT2D eigenvalue weighted by Crippen LogP contribution is 2.32. The van der Waals surface area contributed by atoms with Gasteiger partial charge in [0.15, 0.2) is 11.6 Å². The van der Waals surface area contributed by atoms with Crippen LogP contribution >= 0.6 is 11.3 Å². The molecule has 0 aliphatic heterocycles. The van der Waals surface area contributed by atoms with Crippen molar-refractivity contribution < 1.29 is 19.4 Å². The van der Waals surface area contributed by atoms with Gasteiger partial charge in [0.1, 0.15) is 0 Å². The summed E-state index contributed by atoms with van der Waals surface area (Å²) in [5.74, 6) is -2.87. The number of halogens is 1. The third-order valence-corrected chi connectivity index (χ3v) is 3.48. The average molecular weight is 267 g/mol. The van der Waals surface area contributed by atoms with E-state index in [0.29, 0.717) is 4.88 Å². The van der Waals surface area contributed by atoms with Crippen LogP contribution in [0.4, 0.5) is 4.39 Å². The number of benzene rings is 1. The summed E-state index contributed by atoms with van der Waals surface area (Å²) in [6, 6.07) is 4.71. The molecular formula is C12H10FNO3S. The molecule has 0 saturated carbocycles. The average Bonchev–Trinajstić information content (AvgIpc) is 2.85. The predicted molar refractivity (Wildman–Crippen MR) is 65.4 cm³/mol. The second-order valence-corrected chi connectivity index (χ2v) is 4.67. The Balaban J connectivity index is 2.53. The van der Waals surface area contributed by atoms with E-state index in [-0.39, 0.29) is 11.1 Å². The van der Waals surface area contributed by atoms with Gasteiger partial charge in [-0.25, -0.2) is 9.18 Å². The molecule has 0 saturated heterocycles. The topological polar surface area (TPSA) is 83.6 Å². The van der Waals surface area contributed by atoms with Crippen molar-refractivity contribution in [2.75, 3.05) is 0 Å². The largest absolute Gasteiger partial charge is 0.505 e. The summed E-state index contributed by atoms with van der Waals surface area (Å²) >= 11 is 1.35. The Morgan fingerprint density at radius 3 is 2.72 bits per heavy atom. The van der Waals surface area contributed by atoms with Crippen molar-refractivity contribution >= 4 is 17.3 Å². The Morgan fingerprint density at radius 1 is 1.44 bits per heavy atom. The zero-order valence-electron chi connectivity index (χ0n) is 9.13. The number of aromatic carboxylic acids is 1. The number of phenols is 1. The van der Waals surface area contributed by atoms with Crippen molar-refractivity contribution in [2.24, 2.45) is 5.73 Å². The summed E-state index contributed by atoms with van der Waals surface area (Å²) in [6.45, 7) is 0. The smallest absolute Gasteiger partial charge is 0.335 e. The van der Waals surface area contributed by atoms with E-state index in [1.54, 1.807) is 17.5 Å². The number of thiophene rings is 1. The van der Waals surface area contributed by atoms with Crippen molar-refractivity contribution in [3.8, 4) is 5.75 Å². The minimum absolute atomic E-state index is 0.0647. The summed E-state index contributed by atoms with van der Waals surface area (Å²) in [4.78, 5) is 11.6. The number of hydrogen-bond acceptors (Lipinski definition) is 4. The molecule has 2 aromatic rings. The van der Waals surface area contributed by atoms with Gasteiger partial charge < -0.3 is 15.9 Å². The third-order valence-electron chi connectivity index (χ3n) is 2.52. The monoisotopic (exact) mass is 267 g/mol. The maximum atomic E-state index is 13.4. The van der Waals surface area contributed by atoms with Crippen LogP contribution in [0.25, 0.3) is 0 Å². The number of rotatable bonds is 3. The van der Waals surface area contributed by atoms with Gasteiger partial charge >= 0.3 is 5.97 Å². The van der Waals surface area contributed by atoms with Gasteiger partial charge in [0.2, 0.25) is 0 Å². The van der Waals surface area contributed by atoms with E-state index >= 15 is 0 Å². The second kappa shape index (κ2) is 4.75. The summed E-state index contributed by atoms with van der Waals surface area (Å²) < 4.78 is 13.4. The quantitative estimate of drug-likeness (QED) is 0.797. The predicted octanol–water partition coefficient (Wildman–Crippen LogP) is 2.34. The molecule has 0 aliphatic rings. The third kappa shape index (κ3) is 2.20. The van der Waals surface area contributed by atoms with Crippen molar-refractivity contribution in [1.82, 2.24) is 0 Å². The van der Waals surface area contributed by atoms with E-state index in [0.717, 1.165) is 6.07 Å². The molecular weight excluding hydrogens is 257 g/mol. The lowest BCUT2D eigenvalue weighted by Gasteiger charge is -2.13. The number of hydrogen-bond donors (Lipinski definition) is 3. The highest BCUT2D eigenvalue weighted by Gasteiger charge is 2.20. The van der Waals surface area contributed by atoms with Gasteiger partial charge in [0.05, 0.1) is 11.6 Å². The first kappa shape index (κ1) is 12.5. The van der Waals surface area contributed by atoms with Crippen molar-refractivity contribution in [3.63, 3.8) is 0 Å². The minimum atomic E-state index is -1.27. The molecule has 1 heterocycles. The fourth-order valence-corrected chi connectivity index (χ4v) is 2.35. The Labute approximate surface area is 106 Å². The molecule has 0 spiro atoms. The maximum Gasteiger partial charge on any atom is 0.335 e. The molecule has 94 valence electrons. The molecule has 0 fully saturated rings. The molecule has 4 nitrogen and oxygen atoms in total. The molecule has 1 atom stereocenters. The molecule has 0 unspecified atom stereocenters. The number of nitrogens with two attached hydrogens (primary N) is 1. The van der Waals surface area contributed by atoms with Crippen molar-refractivity contribution in [2.45, 2.75) is 6.04 Å².